The van der Waals surface area contributed by atoms with E-state index in [4.69, 9.17) is 20.4 Å². The quantitative estimate of drug-likeness (QED) is 0.393. The predicted octanol–water partition coefficient (Wildman–Crippen LogP) is -3.06. The van der Waals surface area contributed by atoms with Gasteiger partial charge in [-0.3, -0.25) is 0 Å². The van der Waals surface area contributed by atoms with Gasteiger partial charge in [0, 0.05) is 0 Å². The molecule has 0 aliphatic heterocycles. The summed E-state index contributed by atoms with van der Waals surface area (Å²) in [6.45, 7) is 2.39. The Bertz CT molecular complexity index is 157. The van der Waals surface area contributed by atoms with Crippen LogP contribution in [0.2, 0.25) is 0 Å². The van der Waals surface area contributed by atoms with Crippen LogP contribution in [-0.4, -0.2) is 131 Å². The molecule has 0 aliphatic carbocycles. The third-order valence-electron chi connectivity index (χ3n) is 0.715. The Kier molecular flexibility index (Phi) is 48.5. The first-order chi connectivity index (χ1) is 5.29. The molecule has 16 heavy (non-hydrogen) atoms. The van der Waals surface area contributed by atoms with Crippen LogP contribution in [0.3, 0.4) is 0 Å². The number of carboxylic acids is 2. The Morgan fingerprint density at radius 1 is 0.875 bits per heavy atom. The molecule has 0 saturated heterocycles. The van der Waals surface area contributed by atoms with Crippen molar-refractivity contribution in [3.8, 4) is 0 Å². The molecule has 0 aromatic carbocycles. The second kappa shape index (κ2) is 21.6. The molecule has 0 spiro atoms. The molecule has 0 aromatic heterocycles. The molecule has 2 atom stereocenters. The molecular weight excluding hydrogens is 280 g/mol. The summed E-state index contributed by atoms with van der Waals surface area (Å²) in [6.07, 6.45) is -2.46. The fourth-order valence-corrected chi connectivity index (χ4v) is 0. The summed E-state index contributed by atoms with van der Waals surface area (Å²) in [6, 6.07) is 0. The molecule has 96 valence electrons. The molecule has 10 heteroatoms. The van der Waals surface area contributed by atoms with Crippen molar-refractivity contribution >= 4 is 87.4 Å². The fraction of sp³-hybridized carbons (Fsp3) is 0.667. The van der Waals surface area contributed by atoms with Gasteiger partial charge in [0.15, 0.2) is 0 Å². The molecule has 0 rings (SSSR count). The van der Waals surface area contributed by atoms with Gasteiger partial charge in [0.05, 0.1) is 0 Å². The maximum Gasteiger partial charge on any atom is 2.00 e. The SMILES string of the molecule is CC(O)C(=O)O.CC(O)C(=O)O.O.O.[Ca+2].[Ca+2].[H-].[H-].[H-].[H-]. The van der Waals surface area contributed by atoms with Gasteiger partial charge in [-0.15, -0.1) is 0 Å². The van der Waals surface area contributed by atoms with E-state index >= 15 is 0 Å². The second-order valence-electron chi connectivity index (χ2n) is 2.03. The van der Waals surface area contributed by atoms with E-state index in [2.05, 4.69) is 0 Å². The normalized spacial score (nSPS) is 10.2. The molecule has 0 heterocycles. The third kappa shape index (κ3) is 36.2. The van der Waals surface area contributed by atoms with Gasteiger partial charge in [-0.25, -0.2) is 9.59 Å². The largest absolute Gasteiger partial charge is 2.00 e. The van der Waals surface area contributed by atoms with E-state index in [1.807, 2.05) is 0 Å². The van der Waals surface area contributed by atoms with Crippen LogP contribution in [0.1, 0.15) is 19.6 Å². The molecule has 0 radical (unpaired) electrons. The van der Waals surface area contributed by atoms with Crippen molar-refractivity contribution in [3.63, 3.8) is 0 Å². The van der Waals surface area contributed by atoms with Gasteiger partial charge >= 0.3 is 87.4 Å². The number of aliphatic hydroxyl groups is 2. The van der Waals surface area contributed by atoms with Crippen molar-refractivity contribution in [3.05, 3.63) is 0 Å². The van der Waals surface area contributed by atoms with Gasteiger partial charge in [0.2, 0.25) is 0 Å². The molecule has 0 saturated carbocycles. The van der Waals surface area contributed by atoms with E-state index in [0.717, 1.165) is 0 Å². The van der Waals surface area contributed by atoms with Crippen LogP contribution in [0.15, 0.2) is 0 Å². The summed E-state index contributed by atoms with van der Waals surface area (Å²) in [5.41, 5.74) is 0. The number of aliphatic hydroxyl groups excluding tert-OH is 2. The van der Waals surface area contributed by atoms with E-state index < -0.39 is 24.1 Å². The maximum absolute atomic E-state index is 9.45. The van der Waals surface area contributed by atoms with Crippen molar-refractivity contribution in [1.29, 1.82) is 0 Å². The first-order valence-corrected chi connectivity index (χ1v) is 3.10. The van der Waals surface area contributed by atoms with Crippen molar-refractivity contribution in [1.82, 2.24) is 0 Å². The van der Waals surface area contributed by atoms with Crippen LogP contribution in [-0.2, 0) is 9.59 Å². The Morgan fingerprint density at radius 3 is 0.938 bits per heavy atom. The molecule has 8 N–H and O–H groups in total. The van der Waals surface area contributed by atoms with E-state index in [1.54, 1.807) is 0 Å². The zero-order chi connectivity index (χ0) is 10.3. The predicted molar refractivity (Wildman–Crippen MR) is 61.8 cm³/mol. The molecule has 0 fully saturated rings. The average Bonchev–Trinajstić information content (AvgIpc) is 1.88. The number of hydrogen-bond acceptors (Lipinski definition) is 4. The second-order valence-corrected chi connectivity index (χ2v) is 2.03. The minimum atomic E-state index is -1.23. The van der Waals surface area contributed by atoms with E-state index in [9.17, 15) is 9.59 Å². The third-order valence-corrected chi connectivity index (χ3v) is 0.715. The topological polar surface area (TPSA) is 178 Å². The van der Waals surface area contributed by atoms with E-state index in [-0.39, 0.29) is 92.1 Å². The number of rotatable bonds is 2. The van der Waals surface area contributed by atoms with Crippen LogP contribution in [0.4, 0.5) is 0 Å². The minimum absolute atomic E-state index is 0. The Labute approximate surface area is 158 Å². The van der Waals surface area contributed by atoms with Crippen molar-refractivity contribution in [2.75, 3.05) is 0 Å². The summed E-state index contributed by atoms with van der Waals surface area (Å²) in [5, 5.41) is 31.5. The van der Waals surface area contributed by atoms with Gasteiger partial charge in [0.25, 0.3) is 0 Å². The zero-order valence-corrected chi connectivity index (χ0v) is 13.6. The summed E-state index contributed by atoms with van der Waals surface area (Å²) < 4.78 is 0. The van der Waals surface area contributed by atoms with E-state index in [1.165, 1.54) is 13.8 Å². The maximum atomic E-state index is 9.45. The smallest absolute Gasteiger partial charge is 1.00 e. The van der Waals surface area contributed by atoms with Crippen molar-refractivity contribution in [2.45, 2.75) is 26.1 Å². The molecule has 0 amide bonds. The first-order valence-electron chi connectivity index (χ1n) is 3.10. The van der Waals surface area contributed by atoms with Crippen LogP contribution in [0.5, 0.6) is 0 Å². The van der Waals surface area contributed by atoms with Gasteiger partial charge < -0.3 is 37.1 Å². The summed E-state index contributed by atoms with van der Waals surface area (Å²) in [7, 11) is 0. The van der Waals surface area contributed by atoms with Crippen LogP contribution in [0.25, 0.3) is 0 Å². The Balaban J connectivity index is -0.00000000893. The molecule has 2 unspecified atom stereocenters. The van der Waals surface area contributed by atoms with Crippen LogP contribution >= 0.6 is 0 Å². The molecule has 0 bridgehead atoms. The van der Waals surface area contributed by atoms with Gasteiger partial charge in [0.1, 0.15) is 12.2 Å². The molecule has 0 aliphatic rings. The minimum Gasteiger partial charge on any atom is -1.00 e. The standard InChI is InChI=1S/2C3H6O3.2Ca.2H2O.4H/c2*1-2(4)3(5)6;;;;;;;;/h2*2,4H,1H3,(H,5,6);;;2*1H2;;;;/q;;2*+2;;;4*-1. The zero-order valence-electron chi connectivity index (χ0n) is 13.2. The van der Waals surface area contributed by atoms with Gasteiger partial charge in [-0.2, -0.15) is 0 Å². The summed E-state index contributed by atoms with van der Waals surface area (Å²) >= 11 is 0. The number of carbonyl (C=O) groups is 2. The first kappa shape index (κ1) is 36.0. The molecule has 0 aromatic rings. The number of carboxylic acid groups (broad SMARTS) is 2. The van der Waals surface area contributed by atoms with Crippen molar-refractivity contribution in [2.24, 2.45) is 0 Å². The Hall–Kier alpha value is 1.30. The van der Waals surface area contributed by atoms with Crippen molar-refractivity contribution < 1.29 is 46.7 Å². The van der Waals surface area contributed by atoms with E-state index in [0.29, 0.717) is 0 Å². The summed E-state index contributed by atoms with van der Waals surface area (Å²) in [4.78, 5) is 18.9. The van der Waals surface area contributed by atoms with Crippen LogP contribution in [0, 0.1) is 0 Å². The number of hydrogen-bond donors (Lipinski definition) is 4. The fourth-order valence-electron chi connectivity index (χ4n) is 0. The monoisotopic (exact) mass is 300 g/mol. The van der Waals surface area contributed by atoms with Gasteiger partial charge in [-0.05, 0) is 13.8 Å². The number of aliphatic carboxylic acids is 2. The average molecular weight is 300 g/mol. The Morgan fingerprint density at radius 2 is 0.938 bits per heavy atom. The van der Waals surface area contributed by atoms with Gasteiger partial charge in [-0.1, -0.05) is 0 Å². The molecular formula is C6H20Ca2O8. The molecule has 8 nitrogen and oxygen atoms in total. The van der Waals surface area contributed by atoms with Crippen LogP contribution < -0.4 is 0 Å². The summed E-state index contributed by atoms with van der Waals surface area (Å²) in [5.74, 6) is -2.37.